The fourth-order valence-corrected chi connectivity index (χ4v) is 4.36. The summed E-state index contributed by atoms with van der Waals surface area (Å²) in [7, 11) is 2.09. The van der Waals surface area contributed by atoms with Gasteiger partial charge >= 0.3 is 6.01 Å². The van der Waals surface area contributed by atoms with E-state index in [9.17, 15) is 0 Å². The van der Waals surface area contributed by atoms with Crippen molar-refractivity contribution in [1.29, 1.82) is 0 Å². The SMILES string of the molecule is Cn1c(-c2cnc(Oc3ccccc3)nc2)cnc1C1CCN(Cc2ccccc2)CC1. The quantitative estimate of drug-likeness (QED) is 0.433. The van der Waals surface area contributed by atoms with E-state index in [1.807, 2.05) is 36.5 Å². The second-order valence-electron chi connectivity index (χ2n) is 8.27. The molecular formula is C26H27N5O. The molecule has 0 N–H and O–H groups in total. The predicted octanol–water partition coefficient (Wildman–Crippen LogP) is 5.05. The molecule has 1 aliphatic heterocycles. The van der Waals surface area contributed by atoms with Crippen molar-refractivity contribution in [2.24, 2.45) is 7.05 Å². The molecule has 2 aromatic carbocycles. The lowest BCUT2D eigenvalue weighted by molar-refractivity contribution is 0.200. The molecule has 0 unspecified atom stereocenters. The molecule has 4 aromatic rings. The molecule has 0 spiro atoms. The Morgan fingerprint density at radius 3 is 2.19 bits per heavy atom. The van der Waals surface area contributed by atoms with Crippen molar-refractivity contribution in [2.75, 3.05) is 13.1 Å². The van der Waals surface area contributed by atoms with Crippen molar-refractivity contribution < 1.29 is 4.74 Å². The molecule has 2 aromatic heterocycles. The lowest BCUT2D eigenvalue weighted by Gasteiger charge is -2.31. The highest BCUT2D eigenvalue weighted by atomic mass is 16.5. The van der Waals surface area contributed by atoms with Gasteiger partial charge < -0.3 is 9.30 Å². The van der Waals surface area contributed by atoms with Crippen LogP contribution in [0.4, 0.5) is 0 Å². The summed E-state index contributed by atoms with van der Waals surface area (Å²) in [6, 6.07) is 20.6. The highest BCUT2D eigenvalue weighted by Gasteiger charge is 2.24. The summed E-state index contributed by atoms with van der Waals surface area (Å²) in [6.07, 6.45) is 7.78. The average molecular weight is 426 g/mol. The Morgan fingerprint density at radius 2 is 1.50 bits per heavy atom. The Bertz CT molecular complexity index is 1130. The fraction of sp³-hybridized carbons (Fsp3) is 0.269. The lowest BCUT2D eigenvalue weighted by atomic mass is 9.95. The van der Waals surface area contributed by atoms with E-state index in [0.29, 0.717) is 11.9 Å². The first-order chi connectivity index (χ1) is 15.8. The Hall–Kier alpha value is -3.51. The third-order valence-corrected chi connectivity index (χ3v) is 6.10. The van der Waals surface area contributed by atoms with E-state index in [1.54, 1.807) is 12.4 Å². The molecule has 0 radical (unpaired) electrons. The molecule has 162 valence electrons. The van der Waals surface area contributed by atoms with Crippen LogP contribution in [0, 0.1) is 0 Å². The monoisotopic (exact) mass is 425 g/mol. The topological polar surface area (TPSA) is 56.1 Å². The maximum atomic E-state index is 5.70. The molecule has 1 saturated heterocycles. The normalized spacial score (nSPS) is 15.0. The first kappa shape index (κ1) is 20.4. The van der Waals surface area contributed by atoms with Crippen LogP contribution in [0.25, 0.3) is 11.3 Å². The number of piperidine rings is 1. The Balaban J connectivity index is 1.23. The van der Waals surface area contributed by atoms with Gasteiger partial charge in [0.1, 0.15) is 11.6 Å². The van der Waals surface area contributed by atoms with Crippen LogP contribution < -0.4 is 4.74 Å². The van der Waals surface area contributed by atoms with Gasteiger partial charge in [-0.2, -0.15) is 0 Å². The van der Waals surface area contributed by atoms with E-state index < -0.39 is 0 Å². The predicted molar refractivity (Wildman–Crippen MR) is 124 cm³/mol. The number of nitrogens with zero attached hydrogens (tertiary/aromatic N) is 5. The number of imidazole rings is 1. The van der Waals surface area contributed by atoms with Crippen LogP contribution in [-0.2, 0) is 13.6 Å². The van der Waals surface area contributed by atoms with Crippen molar-refractivity contribution in [1.82, 2.24) is 24.4 Å². The summed E-state index contributed by atoms with van der Waals surface area (Å²) in [5, 5.41) is 0. The lowest BCUT2D eigenvalue weighted by Crippen LogP contribution is -2.33. The highest BCUT2D eigenvalue weighted by molar-refractivity contribution is 5.57. The number of likely N-dealkylation sites (tertiary alicyclic amines) is 1. The van der Waals surface area contributed by atoms with E-state index in [2.05, 4.69) is 56.8 Å². The van der Waals surface area contributed by atoms with Gasteiger partial charge in [-0.3, -0.25) is 4.90 Å². The van der Waals surface area contributed by atoms with Crippen LogP contribution in [-0.4, -0.2) is 37.5 Å². The van der Waals surface area contributed by atoms with Crippen LogP contribution in [0.1, 0.15) is 30.1 Å². The Kier molecular flexibility index (Phi) is 5.94. The molecule has 0 atom stereocenters. The minimum absolute atomic E-state index is 0.341. The van der Waals surface area contributed by atoms with Crippen molar-refractivity contribution in [3.05, 3.63) is 90.6 Å². The molecule has 1 fully saturated rings. The molecule has 3 heterocycles. The summed E-state index contributed by atoms with van der Waals surface area (Å²) in [5.74, 6) is 2.34. The van der Waals surface area contributed by atoms with Crippen LogP contribution in [0.2, 0.25) is 0 Å². The second-order valence-corrected chi connectivity index (χ2v) is 8.27. The number of hydrogen-bond acceptors (Lipinski definition) is 5. The van der Waals surface area contributed by atoms with Gasteiger partial charge in [0.15, 0.2) is 0 Å². The smallest absolute Gasteiger partial charge is 0.321 e. The third kappa shape index (κ3) is 4.55. The molecule has 0 amide bonds. The molecule has 6 nitrogen and oxygen atoms in total. The minimum Gasteiger partial charge on any atom is -0.424 e. The molecule has 0 bridgehead atoms. The van der Waals surface area contributed by atoms with E-state index >= 15 is 0 Å². The van der Waals surface area contributed by atoms with Gasteiger partial charge in [-0.05, 0) is 43.6 Å². The van der Waals surface area contributed by atoms with Gasteiger partial charge in [0.2, 0.25) is 0 Å². The van der Waals surface area contributed by atoms with E-state index in [1.165, 1.54) is 5.56 Å². The standard InChI is InChI=1S/C26H27N5O/c1-30-24(22-16-28-26(29-17-22)32-23-10-6-3-7-11-23)18-27-25(30)21-12-14-31(15-13-21)19-20-8-4-2-5-9-20/h2-11,16-18,21H,12-15,19H2,1H3. The summed E-state index contributed by atoms with van der Waals surface area (Å²) in [4.78, 5) is 16.1. The zero-order valence-corrected chi connectivity index (χ0v) is 18.3. The van der Waals surface area contributed by atoms with Crippen molar-refractivity contribution in [2.45, 2.75) is 25.3 Å². The molecule has 6 heteroatoms. The first-order valence-electron chi connectivity index (χ1n) is 11.1. The average Bonchev–Trinajstić information content (AvgIpc) is 3.23. The third-order valence-electron chi connectivity index (χ3n) is 6.10. The maximum absolute atomic E-state index is 5.70. The Morgan fingerprint density at radius 1 is 0.844 bits per heavy atom. The molecular weight excluding hydrogens is 398 g/mol. The maximum Gasteiger partial charge on any atom is 0.321 e. The van der Waals surface area contributed by atoms with Gasteiger partial charge in [0, 0.05) is 37.5 Å². The number of ether oxygens (including phenoxy) is 1. The van der Waals surface area contributed by atoms with Gasteiger partial charge in [0.25, 0.3) is 0 Å². The zero-order valence-electron chi connectivity index (χ0n) is 18.3. The van der Waals surface area contributed by atoms with Crippen molar-refractivity contribution in [3.8, 4) is 23.0 Å². The second kappa shape index (κ2) is 9.32. The van der Waals surface area contributed by atoms with E-state index in [4.69, 9.17) is 9.72 Å². The van der Waals surface area contributed by atoms with E-state index in [-0.39, 0.29) is 0 Å². The first-order valence-corrected chi connectivity index (χ1v) is 11.1. The van der Waals surface area contributed by atoms with Gasteiger partial charge in [-0.1, -0.05) is 48.5 Å². The van der Waals surface area contributed by atoms with Crippen LogP contribution in [0.3, 0.4) is 0 Å². The fourth-order valence-electron chi connectivity index (χ4n) is 4.36. The van der Waals surface area contributed by atoms with Gasteiger partial charge in [-0.15, -0.1) is 0 Å². The van der Waals surface area contributed by atoms with Crippen molar-refractivity contribution >= 4 is 0 Å². The number of para-hydroxylation sites is 1. The van der Waals surface area contributed by atoms with Crippen molar-refractivity contribution in [3.63, 3.8) is 0 Å². The summed E-state index contributed by atoms with van der Waals surface area (Å²) in [6.45, 7) is 3.21. The van der Waals surface area contributed by atoms with Gasteiger partial charge in [0.05, 0.1) is 11.9 Å². The van der Waals surface area contributed by atoms with Crippen LogP contribution in [0.15, 0.2) is 79.3 Å². The molecule has 5 rings (SSSR count). The number of aromatic nitrogens is 4. The number of hydrogen-bond donors (Lipinski definition) is 0. The minimum atomic E-state index is 0.341. The molecule has 1 aliphatic rings. The molecule has 32 heavy (non-hydrogen) atoms. The summed E-state index contributed by atoms with van der Waals surface area (Å²) < 4.78 is 7.89. The number of rotatable bonds is 6. The van der Waals surface area contributed by atoms with E-state index in [0.717, 1.165) is 55.3 Å². The summed E-state index contributed by atoms with van der Waals surface area (Å²) >= 11 is 0. The highest BCUT2D eigenvalue weighted by Crippen LogP contribution is 2.30. The molecule has 0 aliphatic carbocycles. The zero-order chi connectivity index (χ0) is 21.8. The van der Waals surface area contributed by atoms with Crippen LogP contribution in [0.5, 0.6) is 11.8 Å². The largest absolute Gasteiger partial charge is 0.424 e. The summed E-state index contributed by atoms with van der Waals surface area (Å²) in [5.41, 5.74) is 3.34. The molecule has 0 saturated carbocycles. The van der Waals surface area contributed by atoms with Gasteiger partial charge in [-0.25, -0.2) is 15.0 Å². The number of benzene rings is 2. The van der Waals surface area contributed by atoms with Crippen LogP contribution >= 0.6 is 0 Å². The Labute approximate surface area is 188 Å².